The standard InChI is InChI=1S/C15H22N2/c16-11-12-6-7-15-13(10-12)8-9-17(15)14-4-2-1-3-5-14/h6-7,10,14H,1-5,8-9,11,16H2. The van der Waals surface area contributed by atoms with Gasteiger partial charge in [-0.1, -0.05) is 31.4 Å². The normalized spacial score (nSPS) is 20.6. The van der Waals surface area contributed by atoms with Crippen LogP contribution in [0.5, 0.6) is 0 Å². The first-order chi connectivity index (χ1) is 8.38. The van der Waals surface area contributed by atoms with Crippen LogP contribution in [0.15, 0.2) is 18.2 Å². The topological polar surface area (TPSA) is 29.3 Å². The van der Waals surface area contributed by atoms with Crippen LogP contribution >= 0.6 is 0 Å². The molecule has 2 nitrogen and oxygen atoms in total. The Kier molecular flexibility index (Phi) is 3.06. The van der Waals surface area contributed by atoms with E-state index < -0.39 is 0 Å². The van der Waals surface area contributed by atoms with Crippen LogP contribution in [0, 0.1) is 0 Å². The molecule has 1 saturated carbocycles. The zero-order valence-electron chi connectivity index (χ0n) is 10.5. The Morgan fingerprint density at radius 2 is 2.00 bits per heavy atom. The summed E-state index contributed by atoms with van der Waals surface area (Å²) in [6, 6.07) is 7.59. The van der Waals surface area contributed by atoms with Crippen LogP contribution in [0.2, 0.25) is 0 Å². The predicted molar refractivity (Wildman–Crippen MR) is 72.3 cm³/mol. The van der Waals surface area contributed by atoms with E-state index in [1.165, 1.54) is 61.9 Å². The van der Waals surface area contributed by atoms with Crippen LogP contribution < -0.4 is 10.6 Å². The Labute approximate surface area is 104 Å². The van der Waals surface area contributed by atoms with Crippen molar-refractivity contribution in [3.8, 4) is 0 Å². The van der Waals surface area contributed by atoms with Gasteiger partial charge in [0.2, 0.25) is 0 Å². The lowest BCUT2D eigenvalue weighted by molar-refractivity contribution is 0.420. The highest BCUT2D eigenvalue weighted by Crippen LogP contribution is 2.34. The number of hydrogen-bond donors (Lipinski definition) is 1. The monoisotopic (exact) mass is 230 g/mol. The van der Waals surface area contributed by atoms with Crippen LogP contribution in [0.1, 0.15) is 43.2 Å². The molecule has 1 aliphatic heterocycles. The van der Waals surface area contributed by atoms with Crippen molar-refractivity contribution in [1.82, 2.24) is 0 Å². The molecule has 1 fully saturated rings. The van der Waals surface area contributed by atoms with E-state index >= 15 is 0 Å². The lowest BCUT2D eigenvalue weighted by Crippen LogP contribution is -2.35. The number of rotatable bonds is 2. The molecule has 1 heterocycles. The minimum absolute atomic E-state index is 0.663. The minimum atomic E-state index is 0.663. The molecule has 0 spiro atoms. The van der Waals surface area contributed by atoms with E-state index in [0.29, 0.717) is 6.54 Å². The Hall–Kier alpha value is -1.02. The van der Waals surface area contributed by atoms with Gasteiger partial charge < -0.3 is 10.6 Å². The second kappa shape index (κ2) is 4.69. The summed E-state index contributed by atoms with van der Waals surface area (Å²) in [4.78, 5) is 2.65. The van der Waals surface area contributed by atoms with Gasteiger partial charge >= 0.3 is 0 Å². The average molecular weight is 230 g/mol. The summed E-state index contributed by atoms with van der Waals surface area (Å²) >= 11 is 0. The van der Waals surface area contributed by atoms with Gasteiger partial charge in [0, 0.05) is 24.8 Å². The largest absolute Gasteiger partial charge is 0.368 e. The van der Waals surface area contributed by atoms with E-state index in [1.54, 1.807) is 0 Å². The Morgan fingerprint density at radius 3 is 2.76 bits per heavy atom. The second-order valence-electron chi connectivity index (χ2n) is 5.40. The van der Waals surface area contributed by atoms with Crippen LogP contribution in [0.3, 0.4) is 0 Å². The molecule has 2 aliphatic rings. The zero-order valence-corrected chi connectivity index (χ0v) is 10.5. The molecule has 17 heavy (non-hydrogen) atoms. The van der Waals surface area contributed by atoms with Crippen LogP contribution in [-0.2, 0) is 13.0 Å². The maximum Gasteiger partial charge on any atom is 0.0402 e. The molecule has 92 valence electrons. The fraction of sp³-hybridized carbons (Fsp3) is 0.600. The Morgan fingerprint density at radius 1 is 1.18 bits per heavy atom. The minimum Gasteiger partial charge on any atom is -0.368 e. The van der Waals surface area contributed by atoms with Crippen molar-refractivity contribution in [3.05, 3.63) is 29.3 Å². The molecule has 1 aromatic carbocycles. The van der Waals surface area contributed by atoms with E-state index in [-0.39, 0.29) is 0 Å². The summed E-state index contributed by atoms with van der Waals surface area (Å²) in [5.74, 6) is 0. The molecule has 0 unspecified atom stereocenters. The molecular formula is C15H22N2. The summed E-state index contributed by atoms with van der Waals surface area (Å²) in [6.07, 6.45) is 8.24. The highest BCUT2D eigenvalue weighted by atomic mass is 15.2. The first-order valence-corrected chi connectivity index (χ1v) is 6.97. The highest BCUT2D eigenvalue weighted by molar-refractivity contribution is 5.59. The summed E-state index contributed by atoms with van der Waals surface area (Å²) in [5.41, 5.74) is 9.97. The van der Waals surface area contributed by atoms with Gasteiger partial charge in [0.1, 0.15) is 0 Å². The van der Waals surface area contributed by atoms with Gasteiger partial charge in [0.05, 0.1) is 0 Å². The van der Waals surface area contributed by atoms with Crippen molar-refractivity contribution >= 4 is 5.69 Å². The fourth-order valence-electron chi connectivity index (χ4n) is 3.38. The van der Waals surface area contributed by atoms with Crippen molar-refractivity contribution in [3.63, 3.8) is 0 Å². The average Bonchev–Trinajstić information content (AvgIpc) is 2.82. The van der Waals surface area contributed by atoms with Gasteiger partial charge in [-0.3, -0.25) is 0 Å². The molecule has 0 saturated heterocycles. The molecule has 1 aromatic rings. The van der Waals surface area contributed by atoms with Crippen molar-refractivity contribution in [1.29, 1.82) is 0 Å². The summed E-state index contributed by atoms with van der Waals surface area (Å²) < 4.78 is 0. The smallest absolute Gasteiger partial charge is 0.0402 e. The Bertz CT molecular complexity index is 394. The number of nitrogens with zero attached hydrogens (tertiary/aromatic N) is 1. The van der Waals surface area contributed by atoms with Gasteiger partial charge in [-0.25, -0.2) is 0 Å². The maximum absolute atomic E-state index is 5.71. The van der Waals surface area contributed by atoms with Crippen LogP contribution in [0.4, 0.5) is 5.69 Å². The van der Waals surface area contributed by atoms with E-state index in [4.69, 9.17) is 5.73 Å². The molecule has 0 radical (unpaired) electrons. The molecule has 2 N–H and O–H groups in total. The third-order valence-electron chi connectivity index (χ3n) is 4.33. The van der Waals surface area contributed by atoms with Gasteiger partial charge in [0.15, 0.2) is 0 Å². The van der Waals surface area contributed by atoms with Gasteiger partial charge in [-0.05, 0) is 36.5 Å². The quantitative estimate of drug-likeness (QED) is 0.846. The first-order valence-electron chi connectivity index (χ1n) is 6.97. The lowest BCUT2D eigenvalue weighted by Gasteiger charge is -2.33. The molecule has 0 atom stereocenters. The van der Waals surface area contributed by atoms with Crippen molar-refractivity contribution in [2.24, 2.45) is 5.73 Å². The number of hydrogen-bond acceptors (Lipinski definition) is 2. The molecule has 2 heteroatoms. The molecule has 0 aromatic heterocycles. The predicted octanol–water partition coefficient (Wildman–Crippen LogP) is 2.84. The van der Waals surface area contributed by atoms with Crippen LogP contribution in [0.25, 0.3) is 0 Å². The molecule has 3 rings (SSSR count). The molecular weight excluding hydrogens is 208 g/mol. The number of nitrogens with two attached hydrogens (primary N) is 1. The number of anilines is 1. The SMILES string of the molecule is NCc1ccc2c(c1)CCN2C1CCCCC1. The summed E-state index contributed by atoms with van der Waals surface area (Å²) in [7, 11) is 0. The maximum atomic E-state index is 5.71. The lowest BCUT2D eigenvalue weighted by atomic mass is 9.94. The van der Waals surface area contributed by atoms with E-state index in [1.807, 2.05) is 0 Å². The molecule has 1 aliphatic carbocycles. The van der Waals surface area contributed by atoms with Crippen molar-refractivity contribution < 1.29 is 0 Å². The first kappa shape index (κ1) is 11.1. The zero-order chi connectivity index (χ0) is 11.7. The Balaban J connectivity index is 1.82. The number of fused-ring (bicyclic) bond motifs is 1. The third-order valence-corrected chi connectivity index (χ3v) is 4.33. The van der Waals surface area contributed by atoms with Crippen molar-refractivity contribution in [2.45, 2.75) is 51.1 Å². The summed E-state index contributed by atoms with van der Waals surface area (Å²) in [5, 5.41) is 0. The third kappa shape index (κ3) is 2.06. The molecule has 0 amide bonds. The summed E-state index contributed by atoms with van der Waals surface area (Å²) in [6.45, 7) is 1.88. The van der Waals surface area contributed by atoms with Crippen molar-refractivity contribution in [2.75, 3.05) is 11.4 Å². The van der Waals surface area contributed by atoms with E-state index in [0.717, 1.165) is 6.04 Å². The van der Waals surface area contributed by atoms with E-state index in [2.05, 4.69) is 23.1 Å². The fourth-order valence-corrected chi connectivity index (χ4v) is 3.38. The van der Waals surface area contributed by atoms with Gasteiger partial charge in [0.25, 0.3) is 0 Å². The second-order valence-corrected chi connectivity index (χ2v) is 5.40. The highest BCUT2D eigenvalue weighted by Gasteiger charge is 2.26. The number of benzene rings is 1. The van der Waals surface area contributed by atoms with Crippen LogP contribution in [-0.4, -0.2) is 12.6 Å². The van der Waals surface area contributed by atoms with Gasteiger partial charge in [-0.2, -0.15) is 0 Å². The van der Waals surface area contributed by atoms with Gasteiger partial charge in [-0.15, -0.1) is 0 Å². The molecule has 0 bridgehead atoms. The van der Waals surface area contributed by atoms with E-state index in [9.17, 15) is 0 Å².